The van der Waals surface area contributed by atoms with E-state index in [2.05, 4.69) is 10.1 Å². The molecule has 3 rings (SSSR count). The van der Waals surface area contributed by atoms with Gasteiger partial charge in [-0.15, -0.1) is 0 Å². The maximum absolute atomic E-state index is 12.8. The minimum atomic E-state index is -0.322. The number of benzene rings is 1. The molecule has 0 fully saturated rings. The van der Waals surface area contributed by atoms with Crippen molar-refractivity contribution in [3.05, 3.63) is 58.8 Å². The van der Waals surface area contributed by atoms with Crippen LogP contribution in [-0.4, -0.2) is 33.8 Å². The second-order valence-electron chi connectivity index (χ2n) is 6.34. The molecule has 2 aromatic heterocycles. The number of nitrogens with zero attached hydrogens (tertiary/aromatic N) is 3. The quantitative estimate of drug-likeness (QED) is 0.471. The summed E-state index contributed by atoms with van der Waals surface area (Å²) in [5.41, 5.74) is 4.60. The van der Waals surface area contributed by atoms with Crippen LogP contribution in [0.1, 0.15) is 29.1 Å². The zero-order chi connectivity index (χ0) is 19.4. The van der Waals surface area contributed by atoms with E-state index in [0.29, 0.717) is 12.2 Å². The molecule has 0 aliphatic carbocycles. The molecular weight excluding hydrogens is 349 g/mol. The lowest BCUT2D eigenvalue weighted by Crippen LogP contribution is -2.14. The average Bonchev–Trinajstić information content (AvgIpc) is 3.00. The molecular formula is C20H22FN3O3. The Morgan fingerprint density at radius 2 is 1.89 bits per heavy atom. The van der Waals surface area contributed by atoms with Crippen molar-refractivity contribution >= 4 is 11.6 Å². The number of ether oxygens (including phenoxy) is 2. The van der Waals surface area contributed by atoms with Crippen LogP contribution < -0.4 is 4.74 Å². The van der Waals surface area contributed by atoms with Gasteiger partial charge < -0.3 is 9.47 Å². The van der Waals surface area contributed by atoms with Gasteiger partial charge in [-0.1, -0.05) is 0 Å². The zero-order valence-electron chi connectivity index (χ0n) is 15.7. The van der Waals surface area contributed by atoms with Crippen molar-refractivity contribution < 1.29 is 18.7 Å². The third-order valence-corrected chi connectivity index (χ3v) is 4.29. The molecule has 142 valence electrons. The lowest BCUT2D eigenvalue weighted by atomic mass is 10.1. The first-order valence-corrected chi connectivity index (χ1v) is 8.80. The second-order valence-corrected chi connectivity index (χ2v) is 6.34. The van der Waals surface area contributed by atoms with E-state index < -0.39 is 0 Å². The summed E-state index contributed by atoms with van der Waals surface area (Å²) in [6.07, 6.45) is 0.794. The van der Waals surface area contributed by atoms with Crippen LogP contribution in [0.15, 0.2) is 30.3 Å². The van der Waals surface area contributed by atoms with Crippen LogP contribution in [0.2, 0.25) is 0 Å². The van der Waals surface area contributed by atoms with Gasteiger partial charge in [0.15, 0.2) is 5.65 Å². The number of aryl methyl sites for hydroxylation is 3. The Kier molecular flexibility index (Phi) is 5.69. The highest BCUT2D eigenvalue weighted by Crippen LogP contribution is 2.17. The van der Waals surface area contributed by atoms with Crippen molar-refractivity contribution in [1.29, 1.82) is 0 Å². The van der Waals surface area contributed by atoms with Crippen molar-refractivity contribution in [3.8, 4) is 5.75 Å². The van der Waals surface area contributed by atoms with Gasteiger partial charge in [0.2, 0.25) is 0 Å². The Morgan fingerprint density at radius 3 is 2.63 bits per heavy atom. The van der Waals surface area contributed by atoms with Gasteiger partial charge in [-0.2, -0.15) is 5.10 Å². The van der Waals surface area contributed by atoms with Gasteiger partial charge in [-0.05, 0) is 57.0 Å². The summed E-state index contributed by atoms with van der Waals surface area (Å²) in [5, 5.41) is 4.43. The van der Waals surface area contributed by atoms with Crippen molar-refractivity contribution in [2.24, 2.45) is 0 Å². The fraction of sp³-hybridized carbons (Fsp3) is 0.350. The third kappa shape index (κ3) is 4.61. The summed E-state index contributed by atoms with van der Waals surface area (Å²) in [7, 11) is 0. The highest BCUT2D eigenvalue weighted by Gasteiger charge is 2.13. The number of fused-ring (bicyclic) bond motifs is 1. The Labute approximate surface area is 156 Å². The molecule has 6 nitrogen and oxygen atoms in total. The molecule has 0 atom stereocenters. The molecule has 0 aliphatic heterocycles. The molecule has 3 aromatic rings. The molecule has 0 saturated heterocycles. The molecule has 0 N–H and O–H groups in total. The summed E-state index contributed by atoms with van der Waals surface area (Å²) in [6.45, 7) is 6.20. The number of halogens is 1. The van der Waals surface area contributed by atoms with Gasteiger partial charge in [-0.25, -0.2) is 13.9 Å². The van der Waals surface area contributed by atoms with Crippen molar-refractivity contribution in [2.45, 2.75) is 33.6 Å². The van der Waals surface area contributed by atoms with Crippen LogP contribution in [0, 0.1) is 26.6 Å². The number of esters is 1. The molecule has 27 heavy (non-hydrogen) atoms. The fourth-order valence-corrected chi connectivity index (χ4v) is 2.95. The molecule has 0 bridgehead atoms. The van der Waals surface area contributed by atoms with E-state index in [-0.39, 0.29) is 31.4 Å². The molecule has 0 spiro atoms. The van der Waals surface area contributed by atoms with E-state index >= 15 is 0 Å². The van der Waals surface area contributed by atoms with Crippen molar-refractivity contribution in [2.75, 3.05) is 13.2 Å². The summed E-state index contributed by atoms with van der Waals surface area (Å²) >= 11 is 0. The first-order chi connectivity index (χ1) is 12.9. The van der Waals surface area contributed by atoms with E-state index in [1.54, 1.807) is 4.52 Å². The minimum absolute atomic E-state index is 0.143. The summed E-state index contributed by atoms with van der Waals surface area (Å²) in [4.78, 5) is 16.5. The largest absolute Gasteiger partial charge is 0.490 e. The maximum atomic E-state index is 12.8. The monoisotopic (exact) mass is 371 g/mol. The molecule has 0 saturated carbocycles. The average molecular weight is 371 g/mol. The minimum Gasteiger partial charge on any atom is -0.490 e. The number of aromatic nitrogens is 3. The van der Waals surface area contributed by atoms with Crippen LogP contribution in [-0.2, 0) is 16.0 Å². The topological polar surface area (TPSA) is 65.7 Å². The SMILES string of the molecule is Cc1cc2nc(C)c(CCC(=O)OCCOc3ccc(F)cc3)c(C)n2n1. The number of rotatable bonds is 7. The summed E-state index contributed by atoms with van der Waals surface area (Å²) < 4.78 is 25.2. The maximum Gasteiger partial charge on any atom is 0.306 e. The van der Waals surface area contributed by atoms with Gasteiger partial charge in [0.1, 0.15) is 24.8 Å². The number of hydrogen-bond donors (Lipinski definition) is 0. The van der Waals surface area contributed by atoms with Gasteiger partial charge in [0, 0.05) is 23.9 Å². The third-order valence-electron chi connectivity index (χ3n) is 4.29. The van der Waals surface area contributed by atoms with Gasteiger partial charge in [-0.3, -0.25) is 4.79 Å². The first-order valence-electron chi connectivity index (χ1n) is 8.80. The zero-order valence-corrected chi connectivity index (χ0v) is 15.7. The van der Waals surface area contributed by atoms with Crippen molar-refractivity contribution in [3.63, 3.8) is 0 Å². The molecule has 0 amide bonds. The van der Waals surface area contributed by atoms with E-state index in [0.717, 1.165) is 28.3 Å². The Bertz CT molecular complexity index is 951. The van der Waals surface area contributed by atoms with Gasteiger partial charge in [0.25, 0.3) is 0 Å². The van der Waals surface area contributed by atoms with Crippen molar-refractivity contribution in [1.82, 2.24) is 14.6 Å². The standard InChI is InChI=1S/C20H22FN3O3/c1-13-12-19-22-14(2)18(15(3)24(19)23-13)8-9-20(25)27-11-10-26-17-6-4-16(21)5-7-17/h4-7,12H,8-11H2,1-3H3. The predicted molar refractivity (Wildman–Crippen MR) is 98.4 cm³/mol. The molecule has 1 aromatic carbocycles. The highest BCUT2D eigenvalue weighted by molar-refractivity contribution is 5.69. The summed E-state index contributed by atoms with van der Waals surface area (Å²) in [5.74, 6) is -0.0850. The number of hydrogen-bond acceptors (Lipinski definition) is 5. The van der Waals surface area contributed by atoms with E-state index in [4.69, 9.17) is 9.47 Å². The van der Waals surface area contributed by atoms with Crippen LogP contribution in [0.4, 0.5) is 4.39 Å². The Balaban J connectivity index is 1.49. The molecule has 7 heteroatoms. The van der Waals surface area contributed by atoms with Gasteiger partial charge in [0.05, 0.1) is 5.69 Å². The number of carbonyl (C=O) groups is 1. The van der Waals surface area contributed by atoms with Crippen LogP contribution in [0.5, 0.6) is 5.75 Å². The smallest absolute Gasteiger partial charge is 0.306 e. The fourth-order valence-electron chi connectivity index (χ4n) is 2.95. The van der Waals surface area contributed by atoms with E-state index in [9.17, 15) is 9.18 Å². The highest BCUT2D eigenvalue weighted by atomic mass is 19.1. The Morgan fingerprint density at radius 1 is 1.15 bits per heavy atom. The van der Waals surface area contributed by atoms with Crippen LogP contribution >= 0.6 is 0 Å². The lowest BCUT2D eigenvalue weighted by Gasteiger charge is -2.11. The normalized spacial score (nSPS) is 11.0. The molecule has 0 unspecified atom stereocenters. The lowest BCUT2D eigenvalue weighted by molar-refractivity contribution is -0.144. The molecule has 0 aliphatic rings. The van der Waals surface area contributed by atoms with Crippen LogP contribution in [0.25, 0.3) is 5.65 Å². The predicted octanol–water partition coefficient (Wildman–Crippen LogP) is 3.35. The van der Waals surface area contributed by atoms with E-state index in [1.165, 1.54) is 24.3 Å². The first kappa shape index (κ1) is 18.8. The van der Waals surface area contributed by atoms with E-state index in [1.807, 2.05) is 26.8 Å². The molecule has 2 heterocycles. The van der Waals surface area contributed by atoms with Gasteiger partial charge >= 0.3 is 5.97 Å². The van der Waals surface area contributed by atoms with Crippen LogP contribution in [0.3, 0.4) is 0 Å². The summed E-state index contributed by atoms with van der Waals surface area (Å²) in [6, 6.07) is 7.63. The Hall–Kier alpha value is -2.96. The number of carbonyl (C=O) groups excluding carboxylic acids is 1. The second kappa shape index (κ2) is 8.16. The molecule has 0 radical (unpaired) electrons.